The number of nitrogens with zero attached hydrogens (tertiary/aromatic N) is 4. The van der Waals surface area contributed by atoms with Gasteiger partial charge in [0.15, 0.2) is 0 Å². The minimum Gasteiger partial charge on any atom is -0.494 e. The monoisotopic (exact) mass is 447 g/mol. The van der Waals surface area contributed by atoms with Crippen LogP contribution in [0, 0.1) is 13.8 Å². The van der Waals surface area contributed by atoms with E-state index in [-0.39, 0.29) is 11.9 Å². The molecule has 8 heteroatoms. The van der Waals surface area contributed by atoms with E-state index < -0.39 is 0 Å². The molecule has 0 saturated carbocycles. The lowest BCUT2D eigenvalue weighted by molar-refractivity contribution is 0.0943. The van der Waals surface area contributed by atoms with Crippen LogP contribution in [-0.2, 0) is 0 Å². The summed E-state index contributed by atoms with van der Waals surface area (Å²) in [6.07, 6.45) is 0. The third kappa shape index (κ3) is 4.40. The van der Waals surface area contributed by atoms with Crippen LogP contribution < -0.4 is 10.1 Å². The van der Waals surface area contributed by atoms with Crippen molar-refractivity contribution in [1.82, 2.24) is 25.3 Å². The number of benzene rings is 2. The van der Waals surface area contributed by atoms with Crippen molar-refractivity contribution in [3.05, 3.63) is 76.4 Å². The Morgan fingerprint density at radius 1 is 1.12 bits per heavy atom. The summed E-state index contributed by atoms with van der Waals surface area (Å²) in [5.74, 6) is 0.671. The Hall–Kier alpha value is -3.52. The highest BCUT2D eigenvalue weighted by Crippen LogP contribution is 2.30. The van der Waals surface area contributed by atoms with Gasteiger partial charge in [-0.1, -0.05) is 35.5 Å². The average molecular weight is 448 g/mol. The smallest absolute Gasteiger partial charge is 0.263 e. The predicted molar refractivity (Wildman–Crippen MR) is 125 cm³/mol. The van der Waals surface area contributed by atoms with E-state index in [2.05, 4.69) is 20.6 Å². The second-order valence-electron chi connectivity index (χ2n) is 7.40. The molecule has 4 aromatic rings. The molecule has 4 rings (SSSR count). The van der Waals surface area contributed by atoms with Gasteiger partial charge in [-0.05, 0) is 57.5 Å². The molecule has 0 bridgehead atoms. The second kappa shape index (κ2) is 9.32. The van der Waals surface area contributed by atoms with E-state index in [1.54, 1.807) is 4.68 Å². The van der Waals surface area contributed by atoms with E-state index in [1.165, 1.54) is 11.3 Å². The number of hydrogen-bond donors (Lipinski definition) is 1. The summed E-state index contributed by atoms with van der Waals surface area (Å²) in [6.45, 7) is 8.33. The fourth-order valence-corrected chi connectivity index (χ4v) is 4.42. The van der Waals surface area contributed by atoms with Gasteiger partial charge in [-0.15, -0.1) is 16.4 Å². The highest BCUT2D eigenvalue weighted by molar-refractivity contribution is 7.17. The van der Waals surface area contributed by atoms with Crippen molar-refractivity contribution in [1.29, 1.82) is 0 Å². The lowest BCUT2D eigenvalue weighted by Gasteiger charge is -2.13. The number of ether oxygens (including phenoxy) is 1. The average Bonchev–Trinajstić information content (AvgIpc) is 3.37. The van der Waals surface area contributed by atoms with Crippen molar-refractivity contribution < 1.29 is 9.53 Å². The Bertz CT molecular complexity index is 1220. The third-order valence-corrected chi connectivity index (χ3v) is 6.30. The summed E-state index contributed by atoms with van der Waals surface area (Å²) >= 11 is 1.33. The maximum atomic E-state index is 12.9. The summed E-state index contributed by atoms with van der Waals surface area (Å²) in [5.41, 5.74) is 4.14. The molecule has 0 fully saturated rings. The highest BCUT2D eigenvalue weighted by Gasteiger charge is 2.22. The van der Waals surface area contributed by atoms with Gasteiger partial charge in [0.25, 0.3) is 5.91 Å². The van der Waals surface area contributed by atoms with Crippen molar-refractivity contribution in [3.8, 4) is 22.1 Å². The molecule has 0 saturated heterocycles. The standard InChI is InChI=1S/C24H25N5O2S/c1-5-31-20-13-11-19(12-14-20)29-17(4)21(27-28-29)24-26-16(3)22(32-24)23(30)25-15(2)18-9-7-6-8-10-18/h6-15H,5H2,1-4H3,(H,25,30). The SMILES string of the molecule is CCOc1ccc(-n2nnc(-c3nc(C)c(C(=O)NC(C)c4ccccc4)s3)c2C)cc1. The molecule has 7 nitrogen and oxygen atoms in total. The Morgan fingerprint density at radius 3 is 2.53 bits per heavy atom. The number of amides is 1. The normalized spacial score (nSPS) is 11.9. The maximum absolute atomic E-state index is 12.9. The summed E-state index contributed by atoms with van der Waals surface area (Å²) in [4.78, 5) is 18.1. The fourth-order valence-electron chi connectivity index (χ4n) is 3.42. The quantitative estimate of drug-likeness (QED) is 0.436. The summed E-state index contributed by atoms with van der Waals surface area (Å²) in [5, 5.41) is 12.4. The molecular formula is C24H25N5O2S. The molecule has 1 N–H and O–H groups in total. The van der Waals surface area contributed by atoms with Gasteiger partial charge >= 0.3 is 0 Å². The van der Waals surface area contributed by atoms with Gasteiger partial charge < -0.3 is 10.1 Å². The van der Waals surface area contributed by atoms with E-state index in [4.69, 9.17) is 4.74 Å². The molecule has 0 aliphatic heterocycles. The maximum Gasteiger partial charge on any atom is 0.263 e. The van der Waals surface area contributed by atoms with E-state index in [1.807, 2.05) is 82.3 Å². The van der Waals surface area contributed by atoms with Gasteiger partial charge in [-0.25, -0.2) is 9.67 Å². The van der Waals surface area contributed by atoms with Crippen LogP contribution in [-0.4, -0.2) is 32.5 Å². The van der Waals surface area contributed by atoms with Crippen LogP contribution in [0.3, 0.4) is 0 Å². The van der Waals surface area contributed by atoms with E-state index in [9.17, 15) is 4.79 Å². The molecule has 2 aromatic carbocycles. The molecule has 0 radical (unpaired) electrons. The van der Waals surface area contributed by atoms with Crippen LogP contribution in [0.4, 0.5) is 0 Å². The predicted octanol–water partition coefficient (Wildman–Crippen LogP) is 4.90. The summed E-state index contributed by atoms with van der Waals surface area (Å²) in [6, 6.07) is 17.5. The van der Waals surface area contributed by atoms with E-state index in [0.717, 1.165) is 22.7 Å². The first-order chi connectivity index (χ1) is 15.5. The number of nitrogens with one attached hydrogen (secondary N) is 1. The fraction of sp³-hybridized carbons (Fsp3) is 0.250. The van der Waals surface area contributed by atoms with Gasteiger partial charge in [0.1, 0.15) is 21.3 Å². The Balaban J connectivity index is 1.55. The number of rotatable bonds is 7. The van der Waals surface area contributed by atoms with Crippen molar-refractivity contribution >= 4 is 17.2 Å². The number of carbonyl (C=O) groups is 1. The highest BCUT2D eigenvalue weighted by atomic mass is 32.1. The molecule has 1 unspecified atom stereocenters. The minimum absolute atomic E-state index is 0.101. The number of aryl methyl sites for hydroxylation is 1. The first kappa shape index (κ1) is 21.7. The lowest BCUT2D eigenvalue weighted by atomic mass is 10.1. The molecule has 164 valence electrons. The largest absolute Gasteiger partial charge is 0.494 e. The zero-order valence-electron chi connectivity index (χ0n) is 18.5. The third-order valence-electron chi connectivity index (χ3n) is 5.14. The van der Waals surface area contributed by atoms with Gasteiger partial charge in [-0.2, -0.15) is 0 Å². The van der Waals surface area contributed by atoms with Crippen molar-refractivity contribution in [2.45, 2.75) is 33.7 Å². The van der Waals surface area contributed by atoms with Gasteiger partial charge in [0.2, 0.25) is 0 Å². The number of aromatic nitrogens is 4. The van der Waals surface area contributed by atoms with Crippen molar-refractivity contribution in [2.24, 2.45) is 0 Å². The van der Waals surface area contributed by atoms with Crippen LogP contribution >= 0.6 is 11.3 Å². The molecule has 1 atom stereocenters. The molecule has 2 aromatic heterocycles. The van der Waals surface area contributed by atoms with Crippen molar-refractivity contribution in [3.63, 3.8) is 0 Å². The van der Waals surface area contributed by atoms with Crippen LogP contribution in [0.5, 0.6) is 5.75 Å². The van der Waals surface area contributed by atoms with E-state index in [0.29, 0.717) is 27.9 Å². The Labute approximate surface area is 191 Å². The Morgan fingerprint density at radius 2 is 1.84 bits per heavy atom. The zero-order valence-corrected chi connectivity index (χ0v) is 19.3. The number of hydrogen-bond acceptors (Lipinski definition) is 6. The first-order valence-corrected chi connectivity index (χ1v) is 11.3. The lowest BCUT2D eigenvalue weighted by Crippen LogP contribution is -2.26. The van der Waals surface area contributed by atoms with Crippen LogP contribution in [0.1, 0.15) is 46.5 Å². The van der Waals surface area contributed by atoms with Gasteiger partial charge in [0.05, 0.1) is 29.7 Å². The molecule has 0 spiro atoms. The molecule has 0 aliphatic rings. The molecular weight excluding hydrogens is 422 g/mol. The zero-order chi connectivity index (χ0) is 22.7. The van der Waals surface area contributed by atoms with Crippen LogP contribution in [0.15, 0.2) is 54.6 Å². The summed E-state index contributed by atoms with van der Waals surface area (Å²) < 4.78 is 7.27. The van der Waals surface area contributed by atoms with Crippen LogP contribution in [0.25, 0.3) is 16.4 Å². The number of carbonyl (C=O) groups excluding carboxylic acids is 1. The second-order valence-corrected chi connectivity index (χ2v) is 8.40. The summed E-state index contributed by atoms with van der Waals surface area (Å²) in [7, 11) is 0. The Kier molecular flexibility index (Phi) is 6.32. The molecule has 32 heavy (non-hydrogen) atoms. The van der Waals surface area contributed by atoms with Crippen molar-refractivity contribution in [2.75, 3.05) is 6.61 Å². The van der Waals surface area contributed by atoms with Crippen LogP contribution in [0.2, 0.25) is 0 Å². The molecule has 2 heterocycles. The molecule has 1 amide bonds. The van der Waals surface area contributed by atoms with E-state index >= 15 is 0 Å². The minimum atomic E-state index is -0.140. The van der Waals surface area contributed by atoms with Gasteiger partial charge in [0, 0.05) is 0 Å². The number of thiazole rings is 1. The first-order valence-electron chi connectivity index (χ1n) is 10.5. The topological polar surface area (TPSA) is 81.9 Å². The molecule has 0 aliphatic carbocycles. The van der Waals surface area contributed by atoms with Gasteiger partial charge in [-0.3, -0.25) is 4.79 Å².